The zero-order chi connectivity index (χ0) is 16.4. The number of hydrogen-bond donors (Lipinski definition) is 0. The lowest BCUT2D eigenvalue weighted by atomic mass is 10.0. The van der Waals surface area contributed by atoms with Gasteiger partial charge in [-0.1, -0.05) is 18.2 Å². The van der Waals surface area contributed by atoms with E-state index in [4.69, 9.17) is 0 Å². The number of nitrogens with zero attached hydrogens (tertiary/aromatic N) is 4. The largest absolute Gasteiger partial charge is 0.360 e. The highest BCUT2D eigenvalue weighted by Gasteiger charge is 2.20. The summed E-state index contributed by atoms with van der Waals surface area (Å²) in [6.45, 7) is 4.55. The van der Waals surface area contributed by atoms with E-state index in [-0.39, 0.29) is 0 Å². The van der Waals surface area contributed by atoms with Gasteiger partial charge in [0.15, 0.2) is 17.5 Å². The van der Waals surface area contributed by atoms with Crippen molar-refractivity contribution in [2.75, 3.05) is 32.1 Å². The van der Waals surface area contributed by atoms with Crippen LogP contribution in [0.3, 0.4) is 0 Å². The van der Waals surface area contributed by atoms with Crippen molar-refractivity contribution in [1.82, 2.24) is 14.9 Å². The standard InChI is InChI=1S/C18H23FN4/c1-13(23-9-4-5-10-23)14-7-6-8-15(11-14)17-20-12-16(19)18(21-17)22(2)3/h6-8,11-13H,4-5,9-10H2,1-3H3/t13-/m0/s1. The molecule has 0 saturated carbocycles. The number of likely N-dealkylation sites (tertiary alicyclic amines) is 1. The van der Waals surface area contributed by atoms with Gasteiger partial charge in [-0.05, 0) is 44.5 Å². The molecule has 0 unspecified atom stereocenters. The Morgan fingerprint density at radius 1 is 1.22 bits per heavy atom. The van der Waals surface area contributed by atoms with Crippen molar-refractivity contribution in [2.45, 2.75) is 25.8 Å². The zero-order valence-corrected chi connectivity index (χ0v) is 14.0. The Labute approximate surface area is 137 Å². The summed E-state index contributed by atoms with van der Waals surface area (Å²) in [5, 5.41) is 0. The van der Waals surface area contributed by atoms with Crippen LogP contribution in [0, 0.1) is 5.82 Å². The molecule has 0 radical (unpaired) electrons. The molecule has 0 amide bonds. The van der Waals surface area contributed by atoms with Crippen LogP contribution >= 0.6 is 0 Å². The topological polar surface area (TPSA) is 32.3 Å². The molecule has 23 heavy (non-hydrogen) atoms. The Bertz CT molecular complexity index is 680. The number of anilines is 1. The molecular formula is C18H23FN4. The molecule has 1 atom stereocenters. The van der Waals surface area contributed by atoms with Crippen molar-refractivity contribution in [2.24, 2.45) is 0 Å². The summed E-state index contributed by atoms with van der Waals surface area (Å²) >= 11 is 0. The maximum absolute atomic E-state index is 13.8. The fourth-order valence-electron chi connectivity index (χ4n) is 3.09. The Morgan fingerprint density at radius 2 is 1.96 bits per heavy atom. The van der Waals surface area contributed by atoms with Gasteiger partial charge >= 0.3 is 0 Å². The Hall–Kier alpha value is -2.01. The number of aromatic nitrogens is 2. The molecule has 1 aromatic heterocycles. The van der Waals surface area contributed by atoms with E-state index in [9.17, 15) is 4.39 Å². The first-order valence-electron chi connectivity index (χ1n) is 8.10. The van der Waals surface area contributed by atoms with Gasteiger partial charge in [0, 0.05) is 25.7 Å². The summed E-state index contributed by atoms with van der Waals surface area (Å²) in [4.78, 5) is 12.7. The SMILES string of the molecule is C[C@@H](c1cccc(-c2ncc(F)c(N(C)C)n2)c1)N1CCCC1. The molecule has 122 valence electrons. The van der Waals surface area contributed by atoms with Crippen molar-refractivity contribution >= 4 is 5.82 Å². The van der Waals surface area contributed by atoms with Gasteiger partial charge in [0.1, 0.15) is 0 Å². The predicted molar refractivity (Wildman–Crippen MR) is 91.0 cm³/mol. The third-order valence-electron chi connectivity index (χ3n) is 4.46. The lowest BCUT2D eigenvalue weighted by Gasteiger charge is -2.24. The van der Waals surface area contributed by atoms with E-state index in [0.29, 0.717) is 17.7 Å². The first-order valence-corrected chi connectivity index (χ1v) is 8.10. The minimum absolute atomic E-state index is 0.313. The number of halogens is 1. The van der Waals surface area contributed by atoms with Crippen molar-refractivity contribution in [3.8, 4) is 11.4 Å². The summed E-state index contributed by atoms with van der Waals surface area (Å²) in [6.07, 6.45) is 3.79. The van der Waals surface area contributed by atoms with Crippen LogP contribution in [0.5, 0.6) is 0 Å². The van der Waals surface area contributed by atoms with Crippen LogP contribution in [0.4, 0.5) is 10.2 Å². The molecule has 0 bridgehead atoms. The van der Waals surface area contributed by atoms with Crippen molar-refractivity contribution in [1.29, 1.82) is 0 Å². The monoisotopic (exact) mass is 314 g/mol. The molecule has 1 saturated heterocycles. The molecule has 1 aliphatic heterocycles. The first kappa shape index (κ1) is 15.9. The second-order valence-electron chi connectivity index (χ2n) is 6.30. The third kappa shape index (κ3) is 3.34. The van der Waals surface area contributed by atoms with Crippen LogP contribution in [0.2, 0.25) is 0 Å². The average molecular weight is 314 g/mol. The summed E-state index contributed by atoms with van der Waals surface area (Å²) in [6, 6.07) is 8.65. The van der Waals surface area contributed by atoms with E-state index < -0.39 is 5.82 Å². The maximum atomic E-state index is 13.8. The Balaban J connectivity index is 1.92. The van der Waals surface area contributed by atoms with Gasteiger partial charge in [-0.2, -0.15) is 0 Å². The molecule has 1 aromatic carbocycles. The molecule has 4 nitrogen and oxygen atoms in total. The second-order valence-corrected chi connectivity index (χ2v) is 6.30. The van der Waals surface area contributed by atoms with Crippen LogP contribution in [0.25, 0.3) is 11.4 Å². The molecule has 0 aliphatic carbocycles. The van der Waals surface area contributed by atoms with Crippen LogP contribution < -0.4 is 4.90 Å². The fraction of sp³-hybridized carbons (Fsp3) is 0.444. The average Bonchev–Trinajstić information content (AvgIpc) is 3.09. The molecule has 1 fully saturated rings. The van der Waals surface area contributed by atoms with Gasteiger partial charge in [-0.3, -0.25) is 4.90 Å². The molecule has 0 spiro atoms. The predicted octanol–water partition coefficient (Wildman–Crippen LogP) is 3.51. The Kier molecular flexibility index (Phi) is 4.57. The summed E-state index contributed by atoms with van der Waals surface area (Å²) in [5.41, 5.74) is 2.18. The molecule has 1 aliphatic rings. The first-order chi connectivity index (χ1) is 11.1. The number of hydrogen-bond acceptors (Lipinski definition) is 4. The molecule has 5 heteroatoms. The van der Waals surface area contributed by atoms with Crippen molar-refractivity contribution in [3.05, 3.63) is 41.8 Å². The molecule has 2 aromatic rings. The summed E-state index contributed by atoms with van der Waals surface area (Å²) in [7, 11) is 3.56. The van der Waals surface area contributed by atoms with E-state index in [2.05, 4.69) is 33.9 Å². The van der Waals surface area contributed by atoms with Gasteiger partial charge in [-0.15, -0.1) is 0 Å². The zero-order valence-electron chi connectivity index (χ0n) is 14.0. The Morgan fingerprint density at radius 3 is 2.65 bits per heavy atom. The number of rotatable bonds is 4. The molecule has 3 rings (SSSR count). The van der Waals surface area contributed by atoms with Gasteiger partial charge in [0.2, 0.25) is 0 Å². The minimum atomic E-state index is -0.402. The van der Waals surface area contributed by atoms with Crippen LogP contribution in [-0.2, 0) is 0 Å². The minimum Gasteiger partial charge on any atom is -0.360 e. The second kappa shape index (κ2) is 6.62. The number of benzene rings is 1. The van der Waals surface area contributed by atoms with E-state index >= 15 is 0 Å². The lowest BCUT2D eigenvalue weighted by molar-refractivity contribution is 0.263. The summed E-state index contributed by atoms with van der Waals surface area (Å²) in [5.74, 6) is 0.471. The van der Waals surface area contributed by atoms with Gasteiger partial charge in [0.25, 0.3) is 0 Å². The molecule has 0 N–H and O–H groups in total. The highest BCUT2D eigenvalue weighted by atomic mass is 19.1. The molecular weight excluding hydrogens is 291 g/mol. The van der Waals surface area contributed by atoms with Gasteiger partial charge in [-0.25, -0.2) is 14.4 Å². The third-order valence-corrected chi connectivity index (χ3v) is 4.46. The van der Waals surface area contributed by atoms with E-state index in [1.54, 1.807) is 19.0 Å². The highest BCUT2D eigenvalue weighted by Crippen LogP contribution is 2.28. The lowest BCUT2D eigenvalue weighted by Crippen LogP contribution is -2.23. The van der Waals surface area contributed by atoms with Gasteiger partial charge in [0.05, 0.1) is 6.20 Å². The van der Waals surface area contributed by atoms with Crippen LogP contribution in [-0.4, -0.2) is 42.1 Å². The fourth-order valence-corrected chi connectivity index (χ4v) is 3.09. The smallest absolute Gasteiger partial charge is 0.183 e. The van der Waals surface area contributed by atoms with E-state index in [0.717, 1.165) is 18.7 Å². The normalized spacial score (nSPS) is 16.5. The van der Waals surface area contributed by atoms with Crippen LogP contribution in [0.1, 0.15) is 31.4 Å². The van der Waals surface area contributed by atoms with E-state index in [1.807, 2.05) is 12.1 Å². The maximum Gasteiger partial charge on any atom is 0.183 e. The molecule has 2 heterocycles. The van der Waals surface area contributed by atoms with Crippen molar-refractivity contribution in [3.63, 3.8) is 0 Å². The van der Waals surface area contributed by atoms with Crippen molar-refractivity contribution < 1.29 is 4.39 Å². The van der Waals surface area contributed by atoms with E-state index in [1.165, 1.54) is 24.6 Å². The highest BCUT2D eigenvalue weighted by molar-refractivity contribution is 5.58. The van der Waals surface area contributed by atoms with Crippen LogP contribution in [0.15, 0.2) is 30.5 Å². The van der Waals surface area contributed by atoms with Gasteiger partial charge < -0.3 is 4.90 Å². The summed E-state index contributed by atoms with van der Waals surface area (Å²) < 4.78 is 13.8. The quantitative estimate of drug-likeness (QED) is 0.864.